The Kier molecular flexibility index (Phi) is 4.65. The summed E-state index contributed by atoms with van der Waals surface area (Å²) in [5.74, 6) is 0.0242. The normalized spacial score (nSPS) is 29.6. The maximum atomic E-state index is 15.3. The van der Waals surface area contributed by atoms with E-state index in [4.69, 9.17) is 11.6 Å². The van der Waals surface area contributed by atoms with Crippen LogP contribution < -0.4 is 0 Å². The SMILES string of the molecule is C[N+](C)(C(=O)C1CC(F)(c2ccc(CN3CCCC3)c(Cl)c2)C1)C1CC1. The maximum Gasteiger partial charge on any atom is 0.316 e. The van der Waals surface area contributed by atoms with E-state index in [0.29, 0.717) is 34.0 Å². The molecule has 3 nitrogen and oxygen atoms in total. The smallest absolute Gasteiger partial charge is 0.299 e. The van der Waals surface area contributed by atoms with E-state index in [2.05, 4.69) is 4.90 Å². The van der Waals surface area contributed by atoms with Crippen LogP contribution in [0.3, 0.4) is 0 Å². The van der Waals surface area contributed by atoms with Crippen LogP contribution in [0.5, 0.6) is 0 Å². The van der Waals surface area contributed by atoms with Gasteiger partial charge in [0.25, 0.3) is 0 Å². The van der Waals surface area contributed by atoms with Crippen molar-refractivity contribution in [3.8, 4) is 0 Å². The highest BCUT2D eigenvalue weighted by atomic mass is 35.5. The Bertz CT molecular complexity index is 704. The summed E-state index contributed by atoms with van der Waals surface area (Å²) < 4.78 is 15.8. The minimum absolute atomic E-state index is 0.168. The molecule has 3 aliphatic rings. The first-order valence-corrected chi connectivity index (χ1v) is 10.3. The molecule has 26 heavy (non-hydrogen) atoms. The fourth-order valence-electron chi connectivity index (χ4n) is 4.64. The van der Waals surface area contributed by atoms with Crippen molar-refractivity contribution in [2.24, 2.45) is 5.92 Å². The molecule has 142 valence electrons. The second-order valence-electron chi connectivity index (χ2n) is 8.97. The number of carbonyl (C=O) groups is 1. The lowest BCUT2D eigenvalue weighted by atomic mass is 9.68. The Balaban J connectivity index is 1.41. The molecule has 0 aromatic heterocycles. The van der Waals surface area contributed by atoms with Gasteiger partial charge >= 0.3 is 5.91 Å². The van der Waals surface area contributed by atoms with Crippen molar-refractivity contribution in [1.29, 1.82) is 0 Å². The topological polar surface area (TPSA) is 20.3 Å². The van der Waals surface area contributed by atoms with E-state index in [0.717, 1.165) is 38.0 Å². The lowest BCUT2D eigenvalue weighted by Gasteiger charge is -2.43. The number of quaternary nitrogens is 1. The number of halogens is 2. The first-order valence-electron chi connectivity index (χ1n) is 9.88. The average molecular weight is 380 g/mol. The number of hydrogen-bond acceptors (Lipinski definition) is 2. The Morgan fingerprint density at radius 1 is 1.27 bits per heavy atom. The summed E-state index contributed by atoms with van der Waals surface area (Å²) >= 11 is 6.45. The van der Waals surface area contributed by atoms with Crippen molar-refractivity contribution in [1.82, 2.24) is 4.90 Å². The van der Waals surface area contributed by atoms with E-state index < -0.39 is 5.67 Å². The Morgan fingerprint density at radius 2 is 1.92 bits per heavy atom. The highest BCUT2D eigenvalue weighted by Gasteiger charge is 2.56. The summed E-state index contributed by atoms with van der Waals surface area (Å²) in [4.78, 5) is 15.1. The maximum absolute atomic E-state index is 15.3. The predicted octanol–water partition coefficient (Wildman–Crippen LogP) is 4.28. The molecular formula is C21H29ClFN2O+. The van der Waals surface area contributed by atoms with Crippen molar-refractivity contribution in [2.45, 2.75) is 56.8 Å². The van der Waals surface area contributed by atoms with Gasteiger partial charge in [0.1, 0.15) is 5.67 Å². The second-order valence-corrected chi connectivity index (χ2v) is 9.38. The zero-order chi connectivity index (χ0) is 18.5. The summed E-state index contributed by atoms with van der Waals surface area (Å²) in [5, 5.41) is 0.648. The standard InChI is InChI=1S/C21H29ClFN2O/c1-25(2,18-7-8-18)20(26)16-12-21(23,13-16)17-6-5-15(19(22)11-17)14-24-9-3-4-10-24/h5-6,11,16,18H,3-4,7-10,12-14H2,1-2H3/q+1. The Labute approximate surface area is 160 Å². The van der Waals surface area contributed by atoms with Gasteiger partial charge in [-0.15, -0.1) is 0 Å². The summed E-state index contributed by atoms with van der Waals surface area (Å²) in [6, 6.07) is 6.07. The van der Waals surface area contributed by atoms with Crippen LogP contribution in [-0.4, -0.2) is 48.5 Å². The number of alkyl halides is 1. The third-order valence-electron chi connectivity index (χ3n) is 6.68. The molecule has 0 N–H and O–H groups in total. The van der Waals surface area contributed by atoms with Crippen molar-refractivity contribution < 1.29 is 13.7 Å². The molecular weight excluding hydrogens is 351 g/mol. The summed E-state index contributed by atoms with van der Waals surface area (Å²) in [6.07, 6.45) is 5.30. The first kappa shape index (κ1) is 18.4. The molecule has 0 spiro atoms. The molecule has 1 aliphatic heterocycles. The van der Waals surface area contributed by atoms with Crippen molar-refractivity contribution in [3.05, 3.63) is 34.3 Å². The molecule has 0 atom stereocenters. The molecule has 0 bridgehead atoms. The van der Waals surface area contributed by atoms with Gasteiger partial charge in [0.05, 0.1) is 26.1 Å². The molecule has 0 unspecified atom stereocenters. The van der Waals surface area contributed by atoms with Gasteiger partial charge in [-0.05, 0) is 43.1 Å². The largest absolute Gasteiger partial charge is 0.316 e. The second kappa shape index (κ2) is 6.57. The molecule has 1 amide bonds. The van der Waals surface area contributed by atoms with Gasteiger partial charge in [-0.3, -0.25) is 9.38 Å². The molecule has 1 heterocycles. The van der Waals surface area contributed by atoms with Gasteiger partial charge in [0, 0.05) is 37.3 Å². The summed E-state index contributed by atoms with van der Waals surface area (Å²) in [7, 11) is 3.95. The van der Waals surface area contributed by atoms with Crippen LogP contribution in [0.1, 0.15) is 49.7 Å². The first-order chi connectivity index (χ1) is 12.3. The third-order valence-corrected chi connectivity index (χ3v) is 7.03. The number of hydrogen-bond donors (Lipinski definition) is 0. The molecule has 1 aromatic rings. The fourth-order valence-corrected chi connectivity index (χ4v) is 4.88. The van der Waals surface area contributed by atoms with Crippen LogP contribution in [0.4, 0.5) is 4.39 Å². The van der Waals surface area contributed by atoms with Crippen molar-refractivity contribution >= 4 is 17.5 Å². The van der Waals surface area contributed by atoms with E-state index in [-0.39, 0.29) is 11.8 Å². The van der Waals surface area contributed by atoms with E-state index in [1.807, 2.05) is 26.2 Å². The number of rotatable bonds is 5. The number of carbonyl (C=O) groups excluding carboxylic acids is 1. The quantitative estimate of drug-likeness (QED) is 0.712. The summed E-state index contributed by atoms with van der Waals surface area (Å²) in [5.41, 5.74) is 0.299. The van der Waals surface area contributed by atoms with Crippen molar-refractivity contribution in [2.75, 3.05) is 27.2 Å². The molecule has 1 saturated heterocycles. The fraction of sp³-hybridized carbons (Fsp3) is 0.667. The van der Waals surface area contributed by atoms with Crippen molar-refractivity contribution in [3.63, 3.8) is 0 Å². The molecule has 2 aliphatic carbocycles. The molecule has 5 heteroatoms. The van der Waals surface area contributed by atoms with Gasteiger partial charge in [-0.2, -0.15) is 0 Å². The summed E-state index contributed by atoms with van der Waals surface area (Å²) in [6.45, 7) is 3.07. The lowest BCUT2D eigenvalue weighted by Crippen LogP contribution is -2.55. The zero-order valence-corrected chi connectivity index (χ0v) is 16.6. The molecule has 4 rings (SSSR count). The number of likely N-dealkylation sites (tertiary alicyclic amines) is 1. The van der Waals surface area contributed by atoms with Gasteiger partial charge < -0.3 is 0 Å². The monoisotopic (exact) mass is 379 g/mol. The van der Waals surface area contributed by atoms with Crippen LogP contribution in [0.2, 0.25) is 5.02 Å². The minimum Gasteiger partial charge on any atom is -0.299 e. The zero-order valence-electron chi connectivity index (χ0n) is 15.8. The van der Waals surface area contributed by atoms with Gasteiger partial charge in [0.2, 0.25) is 0 Å². The van der Waals surface area contributed by atoms with Crippen LogP contribution in [0.25, 0.3) is 0 Å². The van der Waals surface area contributed by atoms with Crippen LogP contribution in [0, 0.1) is 5.92 Å². The highest BCUT2D eigenvalue weighted by Crippen LogP contribution is 2.51. The van der Waals surface area contributed by atoms with E-state index in [9.17, 15) is 4.79 Å². The lowest BCUT2D eigenvalue weighted by molar-refractivity contribution is -0.827. The van der Waals surface area contributed by atoms with Crippen LogP contribution in [0.15, 0.2) is 18.2 Å². The highest BCUT2D eigenvalue weighted by molar-refractivity contribution is 6.31. The van der Waals surface area contributed by atoms with Gasteiger partial charge in [-0.1, -0.05) is 23.7 Å². The van der Waals surface area contributed by atoms with Crippen LogP contribution in [-0.2, 0) is 17.0 Å². The number of amides is 1. The van der Waals surface area contributed by atoms with E-state index in [1.54, 1.807) is 6.07 Å². The van der Waals surface area contributed by atoms with Crippen LogP contribution >= 0.6 is 11.6 Å². The Morgan fingerprint density at radius 3 is 2.50 bits per heavy atom. The molecule has 2 saturated carbocycles. The van der Waals surface area contributed by atoms with E-state index >= 15 is 4.39 Å². The Hall–Kier alpha value is -0.970. The van der Waals surface area contributed by atoms with E-state index in [1.165, 1.54) is 12.8 Å². The predicted molar refractivity (Wildman–Crippen MR) is 102 cm³/mol. The third kappa shape index (κ3) is 3.32. The number of nitrogens with zero attached hydrogens (tertiary/aromatic N) is 2. The van der Waals surface area contributed by atoms with Gasteiger partial charge in [-0.25, -0.2) is 9.18 Å². The average Bonchev–Trinajstić information content (AvgIpc) is 3.32. The van der Waals surface area contributed by atoms with Gasteiger partial charge in [0.15, 0.2) is 0 Å². The molecule has 3 fully saturated rings. The number of benzene rings is 1. The molecule has 1 aromatic carbocycles. The minimum atomic E-state index is -1.40. The molecule has 0 radical (unpaired) electrons.